The van der Waals surface area contributed by atoms with Crippen LogP contribution in [-0.2, 0) is 15.8 Å². The Morgan fingerprint density at radius 3 is 2.59 bits per heavy atom. The van der Waals surface area contributed by atoms with Crippen LogP contribution in [0.5, 0.6) is 0 Å². The number of carbonyl (C=O) groups excluding carboxylic acids is 1. The summed E-state index contributed by atoms with van der Waals surface area (Å²) in [5.41, 5.74) is 2.00. The Bertz CT molecular complexity index is 1160. The van der Waals surface area contributed by atoms with Crippen molar-refractivity contribution in [2.45, 2.75) is 36.1 Å². The van der Waals surface area contributed by atoms with E-state index in [1.807, 2.05) is 24.3 Å². The minimum atomic E-state index is -3.72. The molecule has 1 saturated heterocycles. The SMILES string of the molecule is Cc1noc(C)c1S(=O)(=O)N1CCCN(C(=O)c2ccc(CSc3ncn[nH]3)cc2)CC1. The Balaban J connectivity index is 1.39. The average Bonchev–Trinajstić information content (AvgIpc) is 3.34. The van der Waals surface area contributed by atoms with Crippen LogP contribution in [0.1, 0.15) is 33.8 Å². The van der Waals surface area contributed by atoms with Gasteiger partial charge in [0.2, 0.25) is 10.0 Å². The standard InChI is InChI=1S/C20H24N6O4S2/c1-14-18(15(2)30-24-14)32(28,29)26-9-3-8-25(10-11-26)19(27)17-6-4-16(5-7-17)12-31-20-21-13-22-23-20/h4-7,13H,3,8-12H2,1-2H3,(H,21,22,23). The molecule has 1 amide bonds. The van der Waals surface area contributed by atoms with E-state index in [9.17, 15) is 13.2 Å². The highest BCUT2D eigenvalue weighted by atomic mass is 32.2. The largest absolute Gasteiger partial charge is 0.360 e. The fourth-order valence-electron chi connectivity index (χ4n) is 3.65. The topological polar surface area (TPSA) is 125 Å². The van der Waals surface area contributed by atoms with Crippen molar-refractivity contribution in [3.8, 4) is 0 Å². The molecule has 1 aromatic carbocycles. The molecular formula is C20H24N6O4S2. The highest BCUT2D eigenvalue weighted by Gasteiger charge is 2.33. The number of thioether (sulfide) groups is 1. The molecule has 32 heavy (non-hydrogen) atoms. The molecule has 0 bridgehead atoms. The lowest BCUT2D eigenvalue weighted by Gasteiger charge is -2.22. The smallest absolute Gasteiger partial charge is 0.253 e. The van der Waals surface area contributed by atoms with Crippen LogP contribution in [0.4, 0.5) is 0 Å². The molecule has 170 valence electrons. The molecule has 0 saturated carbocycles. The van der Waals surface area contributed by atoms with Gasteiger partial charge in [0, 0.05) is 37.5 Å². The highest BCUT2D eigenvalue weighted by Crippen LogP contribution is 2.25. The number of sulfonamides is 1. The molecule has 1 fully saturated rings. The van der Waals surface area contributed by atoms with E-state index in [0.29, 0.717) is 43.1 Å². The third kappa shape index (κ3) is 4.71. The fourth-order valence-corrected chi connectivity index (χ4v) is 6.15. The second kappa shape index (κ2) is 9.43. The third-order valence-corrected chi connectivity index (χ3v) is 8.37. The van der Waals surface area contributed by atoms with Crippen LogP contribution < -0.4 is 0 Å². The number of amides is 1. The minimum absolute atomic E-state index is 0.101. The van der Waals surface area contributed by atoms with Gasteiger partial charge in [0.15, 0.2) is 10.9 Å². The number of H-pyrrole nitrogens is 1. The summed E-state index contributed by atoms with van der Waals surface area (Å²) in [6.45, 7) is 4.59. The lowest BCUT2D eigenvalue weighted by molar-refractivity contribution is 0.0764. The van der Waals surface area contributed by atoms with Crippen LogP contribution in [0.2, 0.25) is 0 Å². The van der Waals surface area contributed by atoms with Crippen molar-refractivity contribution in [2.75, 3.05) is 26.2 Å². The van der Waals surface area contributed by atoms with E-state index < -0.39 is 10.0 Å². The van der Waals surface area contributed by atoms with E-state index >= 15 is 0 Å². The maximum atomic E-state index is 13.1. The number of benzene rings is 1. The summed E-state index contributed by atoms with van der Waals surface area (Å²) in [6.07, 6.45) is 2.02. The van der Waals surface area contributed by atoms with Crippen LogP contribution >= 0.6 is 11.8 Å². The van der Waals surface area contributed by atoms with Gasteiger partial charge in [0.25, 0.3) is 5.91 Å². The predicted molar refractivity (Wildman–Crippen MR) is 118 cm³/mol. The first-order valence-corrected chi connectivity index (χ1v) is 12.6. The molecule has 2 aromatic heterocycles. The van der Waals surface area contributed by atoms with Gasteiger partial charge in [-0.05, 0) is 38.0 Å². The molecule has 1 N–H and O–H groups in total. The number of aromatic nitrogens is 4. The number of aromatic amines is 1. The molecule has 0 unspecified atom stereocenters. The van der Waals surface area contributed by atoms with Gasteiger partial charge in [-0.25, -0.2) is 13.4 Å². The average molecular weight is 477 g/mol. The Kier molecular flexibility index (Phi) is 6.63. The van der Waals surface area contributed by atoms with Crippen molar-refractivity contribution < 1.29 is 17.7 Å². The van der Waals surface area contributed by atoms with E-state index in [2.05, 4.69) is 20.3 Å². The Morgan fingerprint density at radius 2 is 1.94 bits per heavy atom. The fraction of sp³-hybridized carbons (Fsp3) is 0.400. The summed E-state index contributed by atoms with van der Waals surface area (Å²) >= 11 is 1.53. The zero-order valence-electron chi connectivity index (χ0n) is 17.8. The number of hydrogen-bond acceptors (Lipinski definition) is 8. The zero-order valence-corrected chi connectivity index (χ0v) is 19.4. The quantitative estimate of drug-likeness (QED) is 0.537. The molecule has 0 atom stereocenters. The molecule has 3 heterocycles. The molecule has 10 nitrogen and oxygen atoms in total. The van der Waals surface area contributed by atoms with Gasteiger partial charge in [-0.2, -0.15) is 9.40 Å². The minimum Gasteiger partial charge on any atom is -0.360 e. The monoisotopic (exact) mass is 476 g/mol. The van der Waals surface area contributed by atoms with Gasteiger partial charge in [-0.3, -0.25) is 9.89 Å². The van der Waals surface area contributed by atoms with Crippen LogP contribution in [-0.4, -0.2) is 70.0 Å². The third-order valence-electron chi connectivity index (χ3n) is 5.28. The number of aryl methyl sites for hydroxylation is 2. The van der Waals surface area contributed by atoms with Gasteiger partial charge in [0.05, 0.1) is 0 Å². The molecule has 0 aliphatic carbocycles. The van der Waals surface area contributed by atoms with Gasteiger partial charge < -0.3 is 9.42 Å². The van der Waals surface area contributed by atoms with E-state index in [0.717, 1.165) is 10.7 Å². The van der Waals surface area contributed by atoms with Crippen LogP contribution in [0.25, 0.3) is 0 Å². The summed E-state index contributed by atoms with van der Waals surface area (Å²) in [7, 11) is -3.72. The Labute approximate surface area is 190 Å². The molecule has 1 aliphatic rings. The van der Waals surface area contributed by atoms with Crippen molar-refractivity contribution in [3.63, 3.8) is 0 Å². The molecule has 3 aromatic rings. The molecular weight excluding hydrogens is 452 g/mol. The predicted octanol–water partition coefficient (Wildman–Crippen LogP) is 2.24. The number of rotatable bonds is 6. The van der Waals surface area contributed by atoms with Crippen LogP contribution in [0, 0.1) is 13.8 Å². The first-order valence-electron chi connectivity index (χ1n) is 10.2. The molecule has 0 radical (unpaired) electrons. The highest BCUT2D eigenvalue weighted by molar-refractivity contribution is 7.98. The summed E-state index contributed by atoms with van der Waals surface area (Å²) < 4.78 is 32.6. The van der Waals surface area contributed by atoms with Crippen molar-refractivity contribution >= 4 is 27.7 Å². The second-order valence-corrected chi connectivity index (χ2v) is 10.3. The Morgan fingerprint density at radius 1 is 1.16 bits per heavy atom. The maximum Gasteiger partial charge on any atom is 0.253 e. The van der Waals surface area contributed by atoms with Gasteiger partial charge in [-0.1, -0.05) is 29.1 Å². The molecule has 4 rings (SSSR count). The normalized spacial score (nSPS) is 15.6. The number of hydrogen-bond donors (Lipinski definition) is 1. The summed E-state index contributed by atoms with van der Waals surface area (Å²) in [4.78, 5) is 18.9. The maximum absolute atomic E-state index is 13.1. The lowest BCUT2D eigenvalue weighted by Crippen LogP contribution is -2.37. The number of nitrogens with zero attached hydrogens (tertiary/aromatic N) is 5. The summed E-state index contributed by atoms with van der Waals surface area (Å²) in [5.74, 6) is 0.888. The molecule has 1 aliphatic heterocycles. The molecule has 12 heteroatoms. The van der Waals surface area contributed by atoms with Gasteiger partial charge in [0.1, 0.15) is 16.9 Å². The van der Waals surface area contributed by atoms with E-state index in [1.54, 1.807) is 18.7 Å². The molecule has 0 spiro atoms. The summed E-state index contributed by atoms with van der Waals surface area (Å²) in [5, 5.41) is 11.1. The second-order valence-electron chi connectivity index (χ2n) is 7.48. The van der Waals surface area contributed by atoms with E-state index in [1.165, 1.54) is 22.4 Å². The number of carbonyl (C=O) groups is 1. The van der Waals surface area contributed by atoms with Crippen molar-refractivity contribution in [1.29, 1.82) is 0 Å². The van der Waals surface area contributed by atoms with Crippen molar-refractivity contribution in [3.05, 3.63) is 53.2 Å². The van der Waals surface area contributed by atoms with Crippen LogP contribution in [0.3, 0.4) is 0 Å². The van der Waals surface area contributed by atoms with Crippen molar-refractivity contribution in [2.24, 2.45) is 0 Å². The van der Waals surface area contributed by atoms with Gasteiger partial charge in [-0.15, -0.1) is 0 Å². The summed E-state index contributed by atoms with van der Waals surface area (Å²) in [6, 6.07) is 7.45. The van der Waals surface area contributed by atoms with Crippen molar-refractivity contribution in [1.82, 2.24) is 29.5 Å². The first kappa shape index (κ1) is 22.5. The Hall–Kier alpha value is -2.70. The zero-order chi connectivity index (χ0) is 22.7. The van der Waals surface area contributed by atoms with Crippen LogP contribution in [0.15, 0.2) is 45.2 Å². The first-order chi connectivity index (χ1) is 15.4. The van der Waals surface area contributed by atoms with Gasteiger partial charge >= 0.3 is 0 Å². The number of nitrogens with one attached hydrogen (secondary N) is 1. The van der Waals surface area contributed by atoms with E-state index in [4.69, 9.17) is 4.52 Å². The van der Waals surface area contributed by atoms with E-state index in [-0.39, 0.29) is 23.1 Å². The lowest BCUT2D eigenvalue weighted by atomic mass is 10.1.